The third-order valence-electron chi connectivity index (χ3n) is 3.69. The van der Waals surface area contributed by atoms with Gasteiger partial charge in [-0.15, -0.1) is 0 Å². The highest BCUT2D eigenvalue weighted by molar-refractivity contribution is 6.05. The number of nitrogens with one attached hydrogen (secondary N) is 1. The summed E-state index contributed by atoms with van der Waals surface area (Å²) in [6.07, 6.45) is 2.84. The lowest BCUT2D eigenvalue weighted by Gasteiger charge is -2.20. The van der Waals surface area contributed by atoms with Crippen LogP contribution in [0.1, 0.15) is 33.1 Å². The zero-order valence-corrected chi connectivity index (χ0v) is 10.0. The maximum Gasteiger partial charge on any atom is 0.233 e. The van der Waals surface area contributed by atoms with Crippen molar-refractivity contribution in [2.45, 2.75) is 39.2 Å². The molecule has 4 nitrogen and oxygen atoms in total. The van der Waals surface area contributed by atoms with Crippen LogP contribution in [0.25, 0.3) is 0 Å². The van der Waals surface area contributed by atoms with Gasteiger partial charge in [0.15, 0.2) is 0 Å². The minimum Gasteiger partial charge on any atom is -0.313 e. The third-order valence-corrected chi connectivity index (χ3v) is 3.69. The minimum absolute atomic E-state index is 0.00123. The molecule has 3 atom stereocenters. The summed E-state index contributed by atoms with van der Waals surface area (Å²) in [5.41, 5.74) is 0. The highest BCUT2D eigenvalue weighted by Crippen LogP contribution is 2.39. The van der Waals surface area contributed by atoms with Crippen molar-refractivity contribution in [3.63, 3.8) is 0 Å². The quantitative estimate of drug-likeness (QED) is 0.718. The second kappa shape index (κ2) is 4.53. The molecule has 0 radical (unpaired) electrons. The van der Waals surface area contributed by atoms with Crippen molar-refractivity contribution in [3.8, 4) is 0 Å². The second-order valence-electron chi connectivity index (χ2n) is 4.89. The minimum atomic E-state index is 0.00123. The molecule has 2 fully saturated rings. The fourth-order valence-electron chi connectivity index (χ4n) is 2.93. The average Bonchev–Trinajstić information content (AvgIpc) is 2.79. The first kappa shape index (κ1) is 11.6. The van der Waals surface area contributed by atoms with Crippen molar-refractivity contribution in [1.29, 1.82) is 0 Å². The van der Waals surface area contributed by atoms with E-state index in [1.165, 1.54) is 4.90 Å². The van der Waals surface area contributed by atoms with Gasteiger partial charge in [0.1, 0.15) is 0 Å². The summed E-state index contributed by atoms with van der Waals surface area (Å²) < 4.78 is 0. The number of carbonyl (C=O) groups excluding carboxylic acids is 2. The molecule has 90 valence electrons. The molecule has 0 bridgehead atoms. The van der Waals surface area contributed by atoms with Crippen LogP contribution in [0.5, 0.6) is 0 Å². The lowest BCUT2D eigenvalue weighted by Crippen LogP contribution is -2.42. The molecule has 0 aromatic rings. The van der Waals surface area contributed by atoms with Gasteiger partial charge < -0.3 is 5.32 Å². The number of likely N-dealkylation sites (tertiary alicyclic amines) is 1. The van der Waals surface area contributed by atoms with E-state index in [0.29, 0.717) is 6.54 Å². The van der Waals surface area contributed by atoms with Crippen LogP contribution in [0.15, 0.2) is 0 Å². The van der Waals surface area contributed by atoms with Crippen molar-refractivity contribution in [2.75, 3.05) is 13.1 Å². The van der Waals surface area contributed by atoms with Crippen molar-refractivity contribution in [3.05, 3.63) is 0 Å². The van der Waals surface area contributed by atoms with Gasteiger partial charge >= 0.3 is 0 Å². The fraction of sp³-hybridized carbons (Fsp3) is 0.833. The Labute approximate surface area is 96.4 Å². The van der Waals surface area contributed by atoms with Crippen molar-refractivity contribution in [1.82, 2.24) is 10.2 Å². The standard InChI is InChI=1S/C12H20N2O2/c1-3-13-8(2)7-14-11(15)9-5-4-6-10(9)12(14)16/h8-10,13H,3-7H2,1-2H3. The molecule has 2 amide bonds. The Bertz CT molecular complexity index is 281. The van der Waals surface area contributed by atoms with Crippen molar-refractivity contribution < 1.29 is 9.59 Å². The summed E-state index contributed by atoms with van der Waals surface area (Å²) in [6, 6.07) is 0.191. The Balaban J connectivity index is 2.00. The van der Waals surface area contributed by atoms with Gasteiger partial charge in [-0.25, -0.2) is 0 Å². The molecule has 2 rings (SSSR count). The number of rotatable bonds is 4. The van der Waals surface area contributed by atoms with Gasteiger partial charge in [0.2, 0.25) is 11.8 Å². The Morgan fingerprint density at radius 1 is 1.31 bits per heavy atom. The normalized spacial score (nSPS) is 31.0. The topological polar surface area (TPSA) is 49.4 Å². The summed E-state index contributed by atoms with van der Waals surface area (Å²) in [4.78, 5) is 25.5. The number of amides is 2. The van der Waals surface area contributed by atoms with E-state index in [2.05, 4.69) is 5.32 Å². The van der Waals surface area contributed by atoms with Crippen LogP contribution in [0, 0.1) is 11.8 Å². The van der Waals surface area contributed by atoms with Crippen LogP contribution in [-0.2, 0) is 9.59 Å². The summed E-state index contributed by atoms with van der Waals surface area (Å²) in [6.45, 7) is 5.43. The molecule has 1 aliphatic carbocycles. The first-order chi connectivity index (χ1) is 7.65. The number of imide groups is 1. The van der Waals surface area contributed by atoms with Gasteiger partial charge in [-0.2, -0.15) is 0 Å². The number of carbonyl (C=O) groups is 2. The van der Waals surface area contributed by atoms with Gasteiger partial charge in [-0.1, -0.05) is 13.3 Å². The van der Waals surface area contributed by atoms with Gasteiger partial charge in [0.05, 0.1) is 11.8 Å². The van der Waals surface area contributed by atoms with Gasteiger partial charge in [-0.3, -0.25) is 14.5 Å². The maximum atomic E-state index is 12.0. The number of hydrogen-bond donors (Lipinski definition) is 1. The SMILES string of the molecule is CCNC(C)CN1C(=O)C2CCCC2C1=O. The van der Waals surface area contributed by atoms with E-state index in [0.717, 1.165) is 25.8 Å². The number of hydrogen-bond acceptors (Lipinski definition) is 3. The molecule has 1 saturated heterocycles. The van der Waals surface area contributed by atoms with Crippen molar-refractivity contribution >= 4 is 11.8 Å². The smallest absolute Gasteiger partial charge is 0.233 e. The van der Waals surface area contributed by atoms with E-state index in [9.17, 15) is 9.59 Å². The lowest BCUT2D eigenvalue weighted by atomic mass is 10.00. The molecule has 2 aliphatic rings. The van der Waals surface area contributed by atoms with Crippen LogP contribution >= 0.6 is 0 Å². The Morgan fingerprint density at radius 3 is 2.38 bits per heavy atom. The first-order valence-corrected chi connectivity index (χ1v) is 6.23. The molecular weight excluding hydrogens is 204 g/mol. The van der Waals surface area contributed by atoms with E-state index < -0.39 is 0 Å². The monoisotopic (exact) mass is 224 g/mol. The summed E-state index contributed by atoms with van der Waals surface area (Å²) in [5.74, 6) is 0.136. The molecule has 1 saturated carbocycles. The van der Waals surface area contributed by atoms with E-state index in [4.69, 9.17) is 0 Å². The molecule has 4 heteroatoms. The molecule has 1 aliphatic heterocycles. The molecule has 0 spiro atoms. The van der Waals surface area contributed by atoms with E-state index in [1.54, 1.807) is 0 Å². The highest BCUT2D eigenvalue weighted by Gasteiger charge is 2.49. The second-order valence-corrected chi connectivity index (χ2v) is 4.89. The van der Waals surface area contributed by atoms with E-state index in [1.807, 2.05) is 13.8 Å². The summed E-state index contributed by atoms with van der Waals surface area (Å²) in [7, 11) is 0. The van der Waals surface area contributed by atoms with Crippen LogP contribution in [-0.4, -0.2) is 35.8 Å². The molecule has 3 unspecified atom stereocenters. The van der Waals surface area contributed by atoms with Crippen molar-refractivity contribution in [2.24, 2.45) is 11.8 Å². The zero-order valence-electron chi connectivity index (χ0n) is 10.0. The average molecular weight is 224 g/mol. The Kier molecular flexibility index (Phi) is 3.28. The van der Waals surface area contributed by atoms with Crippen LogP contribution in [0.2, 0.25) is 0 Å². The zero-order chi connectivity index (χ0) is 11.7. The van der Waals surface area contributed by atoms with Gasteiger partial charge in [0.25, 0.3) is 0 Å². The van der Waals surface area contributed by atoms with Gasteiger partial charge in [-0.05, 0) is 26.3 Å². The molecule has 1 heterocycles. The Morgan fingerprint density at radius 2 is 1.88 bits per heavy atom. The van der Waals surface area contributed by atoms with Crippen LogP contribution < -0.4 is 5.32 Å². The van der Waals surface area contributed by atoms with Gasteiger partial charge in [0, 0.05) is 12.6 Å². The summed E-state index contributed by atoms with van der Waals surface area (Å²) in [5, 5.41) is 3.23. The maximum absolute atomic E-state index is 12.0. The fourth-order valence-corrected chi connectivity index (χ4v) is 2.93. The molecular formula is C12H20N2O2. The molecule has 16 heavy (non-hydrogen) atoms. The highest BCUT2D eigenvalue weighted by atomic mass is 16.2. The number of likely N-dealkylation sites (N-methyl/N-ethyl adjacent to an activating group) is 1. The van der Waals surface area contributed by atoms with Crippen LogP contribution in [0.3, 0.4) is 0 Å². The number of fused-ring (bicyclic) bond motifs is 1. The predicted octanol–water partition coefficient (Wildman–Crippen LogP) is 0.769. The molecule has 0 aromatic carbocycles. The largest absolute Gasteiger partial charge is 0.313 e. The number of nitrogens with zero attached hydrogens (tertiary/aromatic N) is 1. The lowest BCUT2D eigenvalue weighted by molar-refractivity contribution is -0.140. The van der Waals surface area contributed by atoms with E-state index >= 15 is 0 Å². The third kappa shape index (κ3) is 1.86. The van der Waals surface area contributed by atoms with E-state index in [-0.39, 0.29) is 29.7 Å². The Hall–Kier alpha value is -0.900. The molecule has 0 aromatic heterocycles. The first-order valence-electron chi connectivity index (χ1n) is 6.23. The van der Waals surface area contributed by atoms with Crippen LogP contribution in [0.4, 0.5) is 0 Å². The molecule has 1 N–H and O–H groups in total. The predicted molar refractivity (Wildman–Crippen MR) is 60.7 cm³/mol. The summed E-state index contributed by atoms with van der Waals surface area (Å²) >= 11 is 0.